The minimum Gasteiger partial charge on any atom is -0.452 e. The van der Waals surface area contributed by atoms with Crippen LogP contribution in [0.25, 0.3) is 0 Å². The van der Waals surface area contributed by atoms with Crippen LogP contribution in [0.2, 0.25) is 0 Å². The van der Waals surface area contributed by atoms with Crippen molar-refractivity contribution in [2.24, 2.45) is 11.7 Å². The molecule has 0 amide bonds. The summed E-state index contributed by atoms with van der Waals surface area (Å²) >= 11 is 0. The molecule has 0 spiro atoms. The molecule has 0 bridgehead atoms. The second-order valence-corrected chi connectivity index (χ2v) is 8.33. The fourth-order valence-corrected chi connectivity index (χ4v) is 3.67. The normalized spacial score (nSPS) is 24.4. The second kappa shape index (κ2) is 9.82. The quantitative estimate of drug-likeness (QED) is 0.276. The van der Waals surface area contributed by atoms with Gasteiger partial charge in [0.2, 0.25) is 0 Å². The van der Waals surface area contributed by atoms with E-state index in [1.165, 1.54) is 24.4 Å². The molecule has 0 saturated carbocycles. The van der Waals surface area contributed by atoms with Gasteiger partial charge in [0.1, 0.15) is 12.1 Å². The number of carbonyl (C=O) groups is 3. The Hall–Kier alpha value is -3.81. The maximum Gasteiger partial charge on any atom is 0.351 e. The third-order valence-corrected chi connectivity index (χ3v) is 5.67. The highest BCUT2D eigenvalue weighted by molar-refractivity contribution is 6.03. The molecule has 2 aromatic rings. The molecule has 1 aromatic carbocycles. The van der Waals surface area contributed by atoms with Gasteiger partial charge in [-0.2, -0.15) is 4.98 Å². The number of aromatic nitrogens is 2. The number of ether oxygens (including phenoxy) is 3. The molecule has 4 N–H and O–H groups in total. The van der Waals surface area contributed by atoms with Crippen molar-refractivity contribution in [2.75, 3.05) is 12.1 Å². The van der Waals surface area contributed by atoms with Gasteiger partial charge in [0.05, 0.1) is 17.7 Å². The van der Waals surface area contributed by atoms with E-state index >= 15 is 0 Å². The largest absolute Gasteiger partial charge is 0.452 e. The van der Waals surface area contributed by atoms with Crippen molar-refractivity contribution in [2.45, 2.75) is 44.4 Å². The van der Waals surface area contributed by atoms with Crippen LogP contribution < -0.4 is 16.9 Å². The molecule has 3 heterocycles. The summed E-state index contributed by atoms with van der Waals surface area (Å²) in [5, 5.41) is 9.77. The summed E-state index contributed by atoms with van der Waals surface area (Å²) in [5.74, 6) is -2.58. The molecule has 35 heavy (non-hydrogen) atoms. The first-order valence-corrected chi connectivity index (χ1v) is 10.8. The third kappa shape index (κ3) is 4.73. The Balaban J connectivity index is 1.58. The second-order valence-electron chi connectivity index (χ2n) is 8.33. The molecular weight excluding hydrogens is 464 g/mol. The number of carbonyl (C=O) groups excluding carboxylic acids is 3. The van der Waals surface area contributed by atoms with Gasteiger partial charge in [0, 0.05) is 12.3 Å². The smallest absolute Gasteiger partial charge is 0.351 e. The number of aliphatic hydroxyl groups excluding tert-OH is 1. The summed E-state index contributed by atoms with van der Waals surface area (Å²) in [6, 6.07) is 6.40. The predicted molar refractivity (Wildman–Crippen MR) is 117 cm³/mol. The standard InChI is InChI=1S/C22H24N4O9/c1-10(2)15(23)21(30)35-25-14-7-8-26(22(31)24-14)18-17-16(13(9-27)32-18)33-19(28)11-5-3-4-6-12(11)20(29)34-17/h3-8,10,13,15-18,27H,9,23H2,1-2H3,(H,24,25,31)/t13-,15?,16-,17-,18-/m1/s1. The Morgan fingerprint density at radius 3 is 2.34 bits per heavy atom. The fourth-order valence-electron chi connectivity index (χ4n) is 3.67. The third-order valence-electron chi connectivity index (χ3n) is 5.67. The number of aliphatic hydroxyl groups is 1. The summed E-state index contributed by atoms with van der Waals surface area (Å²) < 4.78 is 17.8. The van der Waals surface area contributed by atoms with Gasteiger partial charge < -0.3 is 29.9 Å². The Bertz CT molecular complexity index is 1200. The number of esters is 2. The summed E-state index contributed by atoms with van der Waals surface area (Å²) in [6.07, 6.45) is -3.51. The van der Waals surface area contributed by atoms with Crippen LogP contribution in [0.3, 0.4) is 0 Å². The average Bonchev–Trinajstić information content (AvgIpc) is 3.17. The van der Waals surface area contributed by atoms with Crippen LogP contribution in [0.15, 0.2) is 41.3 Å². The van der Waals surface area contributed by atoms with Gasteiger partial charge in [0.15, 0.2) is 24.3 Å². The Kier molecular flexibility index (Phi) is 6.82. The number of hydrogen-bond donors (Lipinski definition) is 3. The topological polar surface area (TPSA) is 181 Å². The number of anilines is 1. The molecule has 2 aliphatic heterocycles. The lowest BCUT2D eigenvalue weighted by molar-refractivity contribution is -0.143. The van der Waals surface area contributed by atoms with Crippen molar-refractivity contribution in [1.82, 2.24) is 9.55 Å². The fraction of sp³-hybridized carbons (Fsp3) is 0.409. The number of benzene rings is 1. The molecule has 1 fully saturated rings. The zero-order valence-electron chi connectivity index (χ0n) is 18.8. The van der Waals surface area contributed by atoms with Crippen molar-refractivity contribution in [3.8, 4) is 0 Å². The van der Waals surface area contributed by atoms with Gasteiger partial charge >= 0.3 is 23.6 Å². The van der Waals surface area contributed by atoms with Crippen LogP contribution in [0.5, 0.6) is 0 Å². The molecule has 0 radical (unpaired) electrons. The maximum atomic E-state index is 12.8. The van der Waals surface area contributed by atoms with E-state index in [4.69, 9.17) is 24.8 Å². The molecule has 186 valence electrons. The molecule has 2 aliphatic rings. The van der Waals surface area contributed by atoms with Crippen LogP contribution in [-0.4, -0.2) is 63.5 Å². The minimum atomic E-state index is -1.26. The molecule has 1 aromatic heterocycles. The first kappa shape index (κ1) is 24.3. The van der Waals surface area contributed by atoms with Crippen LogP contribution in [-0.2, 0) is 23.8 Å². The van der Waals surface area contributed by atoms with Crippen molar-refractivity contribution in [3.63, 3.8) is 0 Å². The molecular formula is C22H24N4O9. The van der Waals surface area contributed by atoms with E-state index < -0.39 is 60.8 Å². The van der Waals surface area contributed by atoms with Crippen molar-refractivity contribution >= 4 is 23.7 Å². The van der Waals surface area contributed by atoms with Gasteiger partial charge in [-0.1, -0.05) is 26.0 Å². The van der Waals surface area contributed by atoms with Crippen LogP contribution in [0.4, 0.5) is 5.82 Å². The van der Waals surface area contributed by atoms with E-state index in [1.807, 2.05) is 0 Å². The van der Waals surface area contributed by atoms with Crippen molar-refractivity contribution in [3.05, 3.63) is 58.1 Å². The maximum absolute atomic E-state index is 12.8. The van der Waals surface area contributed by atoms with Gasteiger partial charge in [-0.25, -0.2) is 24.7 Å². The zero-order chi connectivity index (χ0) is 25.3. The van der Waals surface area contributed by atoms with E-state index in [2.05, 4.69) is 10.5 Å². The molecule has 1 saturated heterocycles. The number of fused-ring (bicyclic) bond motifs is 2. The molecule has 13 nitrogen and oxygen atoms in total. The van der Waals surface area contributed by atoms with Gasteiger partial charge in [-0.3, -0.25) is 4.57 Å². The molecule has 13 heteroatoms. The van der Waals surface area contributed by atoms with E-state index in [0.29, 0.717) is 0 Å². The van der Waals surface area contributed by atoms with E-state index in [-0.39, 0.29) is 22.9 Å². The molecule has 5 atom stereocenters. The van der Waals surface area contributed by atoms with Gasteiger partial charge in [-0.15, -0.1) is 0 Å². The Labute approximate surface area is 198 Å². The number of rotatable bonds is 6. The Morgan fingerprint density at radius 1 is 1.14 bits per heavy atom. The monoisotopic (exact) mass is 488 g/mol. The Morgan fingerprint density at radius 2 is 1.77 bits per heavy atom. The number of nitrogens with two attached hydrogens (primary N) is 1. The zero-order valence-corrected chi connectivity index (χ0v) is 18.8. The highest BCUT2D eigenvalue weighted by Gasteiger charge is 2.52. The SMILES string of the molecule is CC(C)C(N)C(=O)ONc1ccn([C@@H]2O[C@H](CO)[C@H]3OC(=O)c4ccccc4C(=O)O[C@H]32)c(=O)n1. The van der Waals surface area contributed by atoms with Crippen molar-refractivity contribution in [1.29, 1.82) is 0 Å². The summed E-state index contributed by atoms with van der Waals surface area (Å²) in [6.45, 7) is 2.92. The summed E-state index contributed by atoms with van der Waals surface area (Å²) in [7, 11) is 0. The average molecular weight is 488 g/mol. The molecule has 4 rings (SSSR count). The lowest BCUT2D eigenvalue weighted by atomic mass is 10.0. The lowest BCUT2D eigenvalue weighted by Gasteiger charge is -2.27. The van der Waals surface area contributed by atoms with Crippen molar-refractivity contribution < 1.29 is 38.5 Å². The highest BCUT2D eigenvalue weighted by atomic mass is 16.7. The number of hydrogen-bond acceptors (Lipinski definition) is 12. The van der Waals surface area contributed by atoms with Gasteiger partial charge in [-0.05, 0) is 18.1 Å². The molecule has 0 aliphatic carbocycles. The van der Waals surface area contributed by atoms with Crippen LogP contribution in [0, 0.1) is 5.92 Å². The van der Waals surface area contributed by atoms with Gasteiger partial charge in [0.25, 0.3) is 0 Å². The summed E-state index contributed by atoms with van der Waals surface area (Å²) in [5.41, 5.74) is 7.13. The van der Waals surface area contributed by atoms with E-state index in [1.54, 1.807) is 26.0 Å². The number of nitrogens with zero attached hydrogens (tertiary/aromatic N) is 2. The lowest BCUT2D eigenvalue weighted by Crippen LogP contribution is -2.43. The van der Waals surface area contributed by atoms with E-state index in [9.17, 15) is 24.3 Å². The first-order valence-electron chi connectivity index (χ1n) is 10.8. The molecule has 1 unspecified atom stereocenters. The first-order chi connectivity index (χ1) is 16.7. The number of nitrogens with one attached hydrogen (secondary N) is 1. The highest BCUT2D eigenvalue weighted by Crippen LogP contribution is 2.35. The van der Waals surface area contributed by atoms with Crippen LogP contribution in [0.1, 0.15) is 40.8 Å². The van der Waals surface area contributed by atoms with E-state index in [0.717, 1.165) is 4.57 Å². The minimum absolute atomic E-state index is 0.00594. The summed E-state index contributed by atoms with van der Waals surface area (Å²) in [4.78, 5) is 58.7. The van der Waals surface area contributed by atoms with Crippen LogP contribution >= 0.6 is 0 Å². The predicted octanol–water partition coefficient (Wildman–Crippen LogP) is -0.249.